The quantitative estimate of drug-likeness (QED) is 0.508. The largest absolute Gasteiger partial charge is 0.369 e. The number of aliphatic hydroxyl groups excluding tert-OH is 1. The second-order valence-corrected chi connectivity index (χ2v) is 1.05. The molecule has 0 fully saturated rings. The van der Waals surface area contributed by atoms with Crippen LogP contribution in [0.3, 0.4) is 0 Å². The molecule has 3 heteroatoms. The molecule has 0 spiro atoms. The fraction of sp³-hybridized carbons (Fsp3) is 0.500. The van der Waals surface area contributed by atoms with Crippen LogP contribution in [-0.4, -0.2) is 23.0 Å². The summed E-state index contributed by atoms with van der Waals surface area (Å²) in [6.07, 6.45) is 0.556. The average molecular weight is 102 g/mol. The number of nitrogens with zero attached hydrogens (tertiary/aromatic N) is 1. The highest BCUT2D eigenvalue weighted by molar-refractivity contribution is 5.47. The minimum absolute atomic E-state index is 0.514. The molecule has 1 amide bonds. The first-order chi connectivity index (χ1) is 3.35. The number of hydrogen-bond donors (Lipinski definition) is 1. The van der Waals surface area contributed by atoms with Gasteiger partial charge < -0.3 is 10.0 Å². The van der Waals surface area contributed by atoms with Gasteiger partial charge in [0.2, 0.25) is 6.41 Å². The van der Waals surface area contributed by atoms with Crippen molar-refractivity contribution in [1.82, 2.24) is 4.90 Å². The average Bonchev–Trinajstić information content (AvgIpc) is 1.72. The second-order valence-electron chi connectivity index (χ2n) is 1.05. The van der Waals surface area contributed by atoms with Crippen LogP contribution < -0.4 is 0 Å². The maximum Gasteiger partial charge on any atom is 0.211 e. The molecule has 0 saturated carbocycles. The fourth-order valence-electron chi connectivity index (χ4n) is 0.183. The number of hydrogen-bond acceptors (Lipinski definition) is 2. The Morgan fingerprint density at radius 2 is 2.43 bits per heavy atom. The standard InChI is InChI=1S/C4H8NO2/c1-2-5(3-6)4-7/h3-4,6H,2H2,1H3. The summed E-state index contributed by atoms with van der Waals surface area (Å²) in [5.41, 5.74) is 0. The van der Waals surface area contributed by atoms with Gasteiger partial charge in [0.05, 0.1) is 0 Å². The van der Waals surface area contributed by atoms with Gasteiger partial charge in [-0.05, 0) is 6.92 Å². The molecule has 1 N–H and O–H groups in total. The molecule has 0 aromatic carbocycles. The number of carbonyl (C=O) groups is 1. The zero-order chi connectivity index (χ0) is 5.70. The molecule has 0 bridgehead atoms. The first-order valence-corrected chi connectivity index (χ1v) is 2.03. The molecule has 0 aliphatic rings. The van der Waals surface area contributed by atoms with E-state index in [2.05, 4.69) is 0 Å². The first kappa shape index (κ1) is 6.43. The van der Waals surface area contributed by atoms with Crippen molar-refractivity contribution in [3.63, 3.8) is 0 Å². The third kappa shape index (κ3) is 2.17. The first-order valence-electron chi connectivity index (χ1n) is 2.03. The molecule has 0 atom stereocenters. The highest BCUT2D eigenvalue weighted by Gasteiger charge is 1.90. The number of aliphatic hydroxyl groups is 1. The smallest absolute Gasteiger partial charge is 0.211 e. The van der Waals surface area contributed by atoms with E-state index < -0.39 is 0 Å². The highest BCUT2D eigenvalue weighted by Crippen LogP contribution is 1.79. The Labute approximate surface area is 42.5 Å². The molecule has 0 unspecified atom stereocenters. The van der Waals surface area contributed by atoms with E-state index in [4.69, 9.17) is 5.11 Å². The van der Waals surface area contributed by atoms with Crippen molar-refractivity contribution in [2.75, 3.05) is 6.54 Å². The molecule has 0 aliphatic heterocycles. The van der Waals surface area contributed by atoms with E-state index in [9.17, 15) is 4.79 Å². The van der Waals surface area contributed by atoms with Crippen LogP contribution in [-0.2, 0) is 4.79 Å². The summed E-state index contributed by atoms with van der Waals surface area (Å²) in [5.74, 6) is 0. The summed E-state index contributed by atoms with van der Waals surface area (Å²) < 4.78 is 0. The lowest BCUT2D eigenvalue weighted by atomic mass is 10.7. The van der Waals surface area contributed by atoms with Crippen molar-refractivity contribution in [2.24, 2.45) is 0 Å². The van der Waals surface area contributed by atoms with E-state index in [1.54, 1.807) is 6.92 Å². The van der Waals surface area contributed by atoms with Gasteiger partial charge >= 0.3 is 0 Å². The molecule has 41 valence electrons. The minimum Gasteiger partial charge on any atom is -0.369 e. The number of amides is 1. The maximum atomic E-state index is 9.70. The van der Waals surface area contributed by atoms with E-state index >= 15 is 0 Å². The summed E-state index contributed by atoms with van der Waals surface area (Å²) >= 11 is 0. The SMILES string of the molecule is CCN([CH]O)C=O. The Kier molecular flexibility index (Phi) is 3.32. The topological polar surface area (TPSA) is 40.5 Å². The van der Waals surface area contributed by atoms with Crippen molar-refractivity contribution in [3.8, 4) is 0 Å². The Hall–Kier alpha value is -0.570. The van der Waals surface area contributed by atoms with Crippen LogP contribution in [0.15, 0.2) is 0 Å². The third-order valence-corrected chi connectivity index (χ3v) is 0.649. The summed E-state index contributed by atoms with van der Waals surface area (Å²) in [6.45, 7) is 3.02. The van der Waals surface area contributed by atoms with Crippen molar-refractivity contribution >= 4 is 6.41 Å². The van der Waals surface area contributed by atoms with Gasteiger partial charge in [-0.1, -0.05) is 0 Å². The van der Waals surface area contributed by atoms with Crippen LogP contribution in [0.2, 0.25) is 0 Å². The molecule has 0 saturated heterocycles. The van der Waals surface area contributed by atoms with Crippen LogP contribution in [0.25, 0.3) is 0 Å². The Balaban J connectivity index is 3.16. The van der Waals surface area contributed by atoms with E-state index in [1.165, 1.54) is 0 Å². The summed E-state index contributed by atoms with van der Waals surface area (Å²) in [6, 6.07) is 0. The maximum absolute atomic E-state index is 9.70. The molecule has 3 nitrogen and oxygen atoms in total. The molecule has 7 heavy (non-hydrogen) atoms. The van der Waals surface area contributed by atoms with E-state index in [0.29, 0.717) is 13.0 Å². The second kappa shape index (κ2) is 3.61. The molecule has 0 aromatic rings. The molecule has 0 aromatic heterocycles. The molecular formula is C4H8NO2. The monoisotopic (exact) mass is 102 g/mol. The Morgan fingerprint density at radius 3 is 2.43 bits per heavy atom. The van der Waals surface area contributed by atoms with Gasteiger partial charge in [0.15, 0.2) is 6.73 Å². The molecular weight excluding hydrogens is 94.0 g/mol. The Morgan fingerprint density at radius 1 is 1.86 bits per heavy atom. The lowest BCUT2D eigenvalue weighted by Gasteiger charge is -2.06. The van der Waals surface area contributed by atoms with Crippen LogP contribution in [0.4, 0.5) is 0 Å². The summed E-state index contributed by atoms with van der Waals surface area (Å²) in [4.78, 5) is 10.8. The number of rotatable bonds is 3. The zero-order valence-electron chi connectivity index (χ0n) is 4.16. The molecule has 0 rings (SSSR count). The van der Waals surface area contributed by atoms with Gasteiger partial charge in [0.25, 0.3) is 0 Å². The third-order valence-electron chi connectivity index (χ3n) is 0.649. The number of carbonyl (C=O) groups excluding carboxylic acids is 1. The van der Waals surface area contributed by atoms with Gasteiger partial charge in [-0.2, -0.15) is 0 Å². The van der Waals surface area contributed by atoms with E-state index in [0.717, 1.165) is 11.6 Å². The highest BCUT2D eigenvalue weighted by atomic mass is 16.3. The van der Waals surface area contributed by atoms with Crippen LogP contribution in [0.5, 0.6) is 0 Å². The minimum atomic E-state index is 0.514. The van der Waals surface area contributed by atoms with Gasteiger partial charge in [-0.25, -0.2) is 0 Å². The predicted molar refractivity (Wildman–Crippen MR) is 24.7 cm³/mol. The van der Waals surface area contributed by atoms with Crippen LogP contribution >= 0.6 is 0 Å². The van der Waals surface area contributed by atoms with Gasteiger partial charge in [-0.3, -0.25) is 4.79 Å². The molecule has 1 radical (unpaired) electrons. The van der Waals surface area contributed by atoms with Gasteiger partial charge in [0.1, 0.15) is 0 Å². The van der Waals surface area contributed by atoms with Crippen molar-refractivity contribution in [1.29, 1.82) is 0 Å². The zero-order valence-corrected chi connectivity index (χ0v) is 4.16. The Bertz CT molecular complexity index is 51.7. The normalized spacial score (nSPS) is 8.29. The molecule has 0 heterocycles. The van der Waals surface area contributed by atoms with E-state index in [1.807, 2.05) is 0 Å². The van der Waals surface area contributed by atoms with Crippen molar-refractivity contribution in [2.45, 2.75) is 6.92 Å². The van der Waals surface area contributed by atoms with Gasteiger partial charge in [0, 0.05) is 6.54 Å². The fourth-order valence-corrected chi connectivity index (χ4v) is 0.183. The van der Waals surface area contributed by atoms with Gasteiger partial charge in [-0.15, -0.1) is 0 Å². The van der Waals surface area contributed by atoms with E-state index in [-0.39, 0.29) is 0 Å². The summed E-state index contributed by atoms with van der Waals surface area (Å²) in [5, 5.41) is 8.10. The lowest BCUT2D eigenvalue weighted by Crippen LogP contribution is -2.16. The van der Waals surface area contributed by atoms with Crippen LogP contribution in [0.1, 0.15) is 6.92 Å². The molecule has 0 aliphatic carbocycles. The van der Waals surface area contributed by atoms with Crippen molar-refractivity contribution < 1.29 is 9.90 Å². The summed E-state index contributed by atoms with van der Waals surface area (Å²) in [7, 11) is 0. The van der Waals surface area contributed by atoms with Crippen molar-refractivity contribution in [3.05, 3.63) is 6.73 Å². The predicted octanol–water partition coefficient (Wildman–Crippen LogP) is -0.0435. The van der Waals surface area contributed by atoms with Crippen LogP contribution in [0, 0.1) is 6.73 Å². The lowest BCUT2D eigenvalue weighted by molar-refractivity contribution is -0.118.